The molecule has 3 atom stereocenters. The van der Waals surface area contributed by atoms with Crippen molar-refractivity contribution in [2.45, 2.75) is 24.4 Å². The van der Waals surface area contributed by atoms with E-state index in [1.165, 1.54) is 30.3 Å². The number of nitrogen functional groups attached to an aromatic ring is 1. The van der Waals surface area contributed by atoms with Crippen LogP contribution in [0.15, 0.2) is 83.8 Å². The minimum absolute atomic E-state index is 0.0476. The van der Waals surface area contributed by atoms with Crippen LogP contribution in [0.25, 0.3) is 0 Å². The largest absolute Gasteiger partial charge is 0.459 e. The molecule has 176 valence electrons. The van der Waals surface area contributed by atoms with Crippen LogP contribution in [-0.2, 0) is 14.2 Å². The molecular weight excluding hydrogens is 450 g/mol. The van der Waals surface area contributed by atoms with Gasteiger partial charge in [0.25, 0.3) is 5.56 Å². The van der Waals surface area contributed by atoms with Crippen LogP contribution in [0.1, 0.15) is 26.9 Å². The molecule has 10 heteroatoms. The molecule has 0 saturated carbocycles. The van der Waals surface area contributed by atoms with Gasteiger partial charge in [-0.2, -0.15) is 8.78 Å². The number of benzene rings is 2. The van der Waals surface area contributed by atoms with E-state index >= 15 is 8.78 Å². The minimum atomic E-state index is -3.84. The Kier molecular flexibility index (Phi) is 6.42. The highest BCUT2D eigenvalue weighted by Gasteiger charge is 2.62. The van der Waals surface area contributed by atoms with Gasteiger partial charge in [0.05, 0.1) is 11.1 Å². The summed E-state index contributed by atoms with van der Waals surface area (Å²) in [4.78, 5) is 37.2. The summed E-state index contributed by atoms with van der Waals surface area (Å²) in [5, 5.41) is 0. The van der Waals surface area contributed by atoms with Crippen molar-refractivity contribution < 1.29 is 32.6 Å². The van der Waals surface area contributed by atoms with E-state index in [1.54, 1.807) is 36.4 Å². The summed E-state index contributed by atoms with van der Waals surface area (Å²) in [7, 11) is 0. The lowest BCUT2D eigenvalue weighted by Crippen LogP contribution is -2.44. The maximum absolute atomic E-state index is 15.5. The van der Waals surface area contributed by atoms with Gasteiger partial charge in [-0.1, -0.05) is 36.4 Å². The third-order valence-electron chi connectivity index (χ3n) is 5.21. The quantitative estimate of drug-likeness (QED) is 0.552. The van der Waals surface area contributed by atoms with Gasteiger partial charge in [-0.05, 0) is 30.3 Å². The van der Waals surface area contributed by atoms with Crippen molar-refractivity contribution in [2.75, 3.05) is 12.3 Å². The second kappa shape index (κ2) is 9.44. The zero-order valence-corrected chi connectivity index (χ0v) is 17.7. The highest BCUT2D eigenvalue weighted by Crippen LogP contribution is 2.44. The first-order valence-electron chi connectivity index (χ1n) is 10.3. The molecular formula is C24H20F2N2O6. The van der Waals surface area contributed by atoms with Gasteiger partial charge in [0, 0.05) is 18.0 Å². The average molecular weight is 470 g/mol. The van der Waals surface area contributed by atoms with Crippen molar-refractivity contribution in [2.24, 2.45) is 0 Å². The number of ether oxygens (including phenoxy) is 3. The van der Waals surface area contributed by atoms with E-state index in [0.29, 0.717) is 4.57 Å². The number of hydrogen-bond donors (Lipinski definition) is 1. The van der Waals surface area contributed by atoms with E-state index in [-0.39, 0.29) is 16.8 Å². The van der Waals surface area contributed by atoms with Crippen LogP contribution in [0.2, 0.25) is 0 Å². The highest BCUT2D eigenvalue weighted by atomic mass is 19.3. The molecule has 1 aliphatic rings. The first kappa shape index (κ1) is 23.1. The predicted molar refractivity (Wildman–Crippen MR) is 116 cm³/mol. The summed E-state index contributed by atoms with van der Waals surface area (Å²) in [6, 6.07) is 17.7. The Morgan fingerprint density at radius 2 is 1.56 bits per heavy atom. The van der Waals surface area contributed by atoms with Gasteiger partial charge >= 0.3 is 17.9 Å². The number of nitrogens with two attached hydrogens (primary N) is 1. The lowest BCUT2D eigenvalue weighted by molar-refractivity contribution is -0.142. The smallest absolute Gasteiger partial charge is 0.338 e. The zero-order valence-electron chi connectivity index (χ0n) is 17.7. The fraction of sp³-hybridized carbons (Fsp3) is 0.208. The third kappa shape index (κ3) is 4.67. The summed E-state index contributed by atoms with van der Waals surface area (Å²) >= 11 is 0. The lowest BCUT2D eigenvalue weighted by Gasteiger charge is -2.24. The second-order valence-corrected chi connectivity index (χ2v) is 7.56. The number of esters is 2. The van der Waals surface area contributed by atoms with E-state index in [9.17, 15) is 14.4 Å². The monoisotopic (exact) mass is 470 g/mol. The molecule has 1 fully saturated rings. The number of halogens is 2. The third-order valence-corrected chi connectivity index (χ3v) is 5.21. The van der Waals surface area contributed by atoms with Gasteiger partial charge in [-0.15, -0.1) is 0 Å². The summed E-state index contributed by atoms with van der Waals surface area (Å²) < 4.78 is 47.3. The standard InChI is InChI=1S/C24H20F2N2O6/c25-24(26)20(34-22(31)16-9-5-2-6-10-16)18(14-32-21(30)15-7-3-1-4-8-15)33-23(24)28-12-11-17(27)13-19(28)29/h1-13,18,20,23H,14,27H2/t18-,20-,23-/m1/s1. The van der Waals surface area contributed by atoms with Crippen LogP contribution < -0.4 is 11.3 Å². The van der Waals surface area contributed by atoms with E-state index < -0.39 is 48.5 Å². The SMILES string of the molecule is Nc1ccn([C@@H]2O[C@H](COC(=O)c3ccccc3)[C@@H](OC(=O)c3ccccc3)C2(F)F)c(=O)c1. The second-order valence-electron chi connectivity index (χ2n) is 7.56. The number of carbonyl (C=O) groups is 2. The van der Waals surface area contributed by atoms with Gasteiger partial charge in [-0.25, -0.2) is 9.59 Å². The fourth-order valence-corrected chi connectivity index (χ4v) is 3.52. The van der Waals surface area contributed by atoms with Crippen LogP contribution in [0.4, 0.5) is 14.5 Å². The number of nitrogens with zero attached hydrogens (tertiary/aromatic N) is 1. The van der Waals surface area contributed by atoms with Crippen LogP contribution >= 0.6 is 0 Å². The predicted octanol–water partition coefficient (Wildman–Crippen LogP) is 3.05. The van der Waals surface area contributed by atoms with Gasteiger partial charge < -0.3 is 19.9 Å². The van der Waals surface area contributed by atoms with Gasteiger partial charge in [0.15, 0.2) is 6.10 Å². The van der Waals surface area contributed by atoms with Crippen molar-refractivity contribution in [3.05, 3.63) is 100 Å². The summed E-state index contributed by atoms with van der Waals surface area (Å²) in [5.41, 5.74) is 5.05. The molecule has 4 rings (SSSR count). The molecule has 0 radical (unpaired) electrons. The van der Waals surface area contributed by atoms with Crippen molar-refractivity contribution >= 4 is 17.6 Å². The highest BCUT2D eigenvalue weighted by molar-refractivity contribution is 5.90. The molecule has 2 heterocycles. The van der Waals surface area contributed by atoms with Crippen LogP contribution in [0.3, 0.4) is 0 Å². The van der Waals surface area contributed by atoms with E-state index in [4.69, 9.17) is 19.9 Å². The Morgan fingerprint density at radius 3 is 2.15 bits per heavy atom. The van der Waals surface area contributed by atoms with Gasteiger partial charge in [0.1, 0.15) is 12.7 Å². The number of anilines is 1. The summed E-state index contributed by atoms with van der Waals surface area (Å²) in [6.45, 7) is -0.643. The zero-order chi connectivity index (χ0) is 24.3. The van der Waals surface area contributed by atoms with Gasteiger partial charge in [0.2, 0.25) is 6.23 Å². The molecule has 0 amide bonds. The van der Waals surface area contributed by atoms with Gasteiger partial charge in [-0.3, -0.25) is 9.36 Å². The Balaban J connectivity index is 1.61. The molecule has 0 bridgehead atoms. The lowest BCUT2D eigenvalue weighted by atomic mass is 10.1. The number of aromatic nitrogens is 1. The van der Waals surface area contributed by atoms with Crippen molar-refractivity contribution in [3.8, 4) is 0 Å². The summed E-state index contributed by atoms with van der Waals surface area (Å²) in [5.74, 6) is -5.62. The molecule has 34 heavy (non-hydrogen) atoms. The molecule has 1 aliphatic heterocycles. The number of pyridine rings is 1. The molecule has 1 saturated heterocycles. The first-order valence-corrected chi connectivity index (χ1v) is 10.3. The van der Waals surface area contributed by atoms with Crippen LogP contribution in [0.5, 0.6) is 0 Å². The topological polar surface area (TPSA) is 110 Å². The number of alkyl halides is 2. The summed E-state index contributed by atoms with van der Waals surface area (Å²) in [6.07, 6.45) is -4.75. The maximum atomic E-state index is 15.5. The van der Waals surface area contributed by atoms with Crippen LogP contribution in [0, 0.1) is 0 Å². The minimum Gasteiger partial charge on any atom is -0.459 e. The molecule has 8 nitrogen and oxygen atoms in total. The fourth-order valence-electron chi connectivity index (χ4n) is 3.52. The first-order chi connectivity index (χ1) is 16.3. The molecule has 0 unspecified atom stereocenters. The average Bonchev–Trinajstić information content (AvgIpc) is 3.08. The molecule has 3 aromatic rings. The van der Waals surface area contributed by atoms with E-state index in [2.05, 4.69) is 0 Å². The molecule has 1 aromatic heterocycles. The van der Waals surface area contributed by atoms with Crippen molar-refractivity contribution in [1.82, 2.24) is 4.57 Å². The molecule has 2 aromatic carbocycles. The normalized spacial score (nSPS) is 21.1. The number of hydrogen-bond acceptors (Lipinski definition) is 7. The number of carbonyl (C=O) groups excluding carboxylic acids is 2. The molecule has 0 spiro atoms. The Bertz CT molecular complexity index is 1230. The van der Waals surface area contributed by atoms with Crippen LogP contribution in [-0.4, -0.2) is 41.2 Å². The van der Waals surface area contributed by atoms with Crippen molar-refractivity contribution in [1.29, 1.82) is 0 Å². The van der Waals surface area contributed by atoms with Crippen molar-refractivity contribution in [3.63, 3.8) is 0 Å². The molecule has 0 aliphatic carbocycles. The number of rotatable bonds is 6. The molecule has 2 N–H and O–H groups in total. The Morgan fingerprint density at radius 1 is 0.971 bits per heavy atom. The van der Waals surface area contributed by atoms with E-state index in [0.717, 1.165) is 12.3 Å². The Hall–Kier alpha value is -4.05. The maximum Gasteiger partial charge on any atom is 0.338 e. The van der Waals surface area contributed by atoms with E-state index in [1.807, 2.05) is 0 Å². The Labute approximate surface area is 192 Å².